The summed E-state index contributed by atoms with van der Waals surface area (Å²) >= 11 is 0. The molecule has 120 valence electrons. The molecule has 0 aromatic rings. The molecular formula is C14H25N3O4. The van der Waals surface area contributed by atoms with Crippen LogP contribution in [0.5, 0.6) is 0 Å². The molecule has 0 bridgehead atoms. The van der Waals surface area contributed by atoms with E-state index in [1.807, 2.05) is 11.9 Å². The predicted octanol–water partition coefficient (Wildman–Crippen LogP) is -0.654. The van der Waals surface area contributed by atoms with Crippen molar-refractivity contribution in [1.82, 2.24) is 15.1 Å². The number of nitrogens with one attached hydrogen (secondary N) is 1. The Kier molecular flexibility index (Phi) is 7.92. The van der Waals surface area contributed by atoms with Crippen LogP contribution in [0.1, 0.15) is 32.1 Å². The van der Waals surface area contributed by atoms with E-state index < -0.39 is 5.91 Å². The van der Waals surface area contributed by atoms with Crippen LogP contribution in [0.15, 0.2) is 0 Å². The lowest BCUT2D eigenvalue weighted by Crippen LogP contribution is -2.44. The Morgan fingerprint density at radius 3 is 2.67 bits per heavy atom. The van der Waals surface area contributed by atoms with Crippen molar-refractivity contribution in [3.8, 4) is 0 Å². The van der Waals surface area contributed by atoms with Crippen molar-refractivity contribution in [2.24, 2.45) is 0 Å². The second-order valence-corrected chi connectivity index (χ2v) is 5.41. The van der Waals surface area contributed by atoms with E-state index in [4.69, 9.17) is 5.11 Å². The first-order chi connectivity index (χ1) is 10.0. The van der Waals surface area contributed by atoms with Gasteiger partial charge in [-0.05, 0) is 39.3 Å². The Bertz CT molecular complexity index is 373. The van der Waals surface area contributed by atoms with Gasteiger partial charge in [0.2, 0.25) is 17.7 Å². The largest absolute Gasteiger partial charge is 0.396 e. The number of hydrogen-bond acceptors (Lipinski definition) is 5. The van der Waals surface area contributed by atoms with Crippen LogP contribution in [-0.2, 0) is 14.4 Å². The van der Waals surface area contributed by atoms with Gasteiger partial charge in [-0.3, -0.25) is 24.6 Å². The Balaban J connectivity index is 2.17. The second kappa shape index (κ2) is 9.46. The summed E-state index contributed by atoms with van der Waals surface area (Å²) in [6, 6.07) is 0. The van der Waals surface area contributed by atoms with Gasteiger partial charge < -0.3 is 10.0 Å². The van der Waals surface area contributed by atoms with Crippen LogP contribution in [-0.4, -0.2) is 72.5 Å². The van der Waals surface area contributed by atoms with Gasteiger partial charge in [0.1, 0.15) is 0 Å². The molecule has 2 N–H and O–H groups in total. The number of likely N-dealkylation sites (N-methyl/N-ethyl adjacent to an activating group) is 1. The third-order valence-corrected chi connectivity index (χ3v) is 3.40. The van der Waals surface area contributed by atoms with Crippen LogP contribution in [0, 0.1) is 0 Å². The Labute approximate surface area is 125 Å². The average Bonchev–Trinajstić information content (AvgIpc) is 2.80. The molecule has 0 aliphatic carbocycles. The first-order valence-corrected chi connectivity index (χ1v) is 7.42. The number of unbranched alkanes of at least 4 members (excludes halogenated alkanes) is 2. The van der Waals surface area contributed by atoms with E-state index in [0.29, 0.717) is 13.0 Å². The zero-order chi connectivity index (χ0) is 15.7. The number of aliphatic hydroxyl groups excluding tert-OH is 1. The fourth-order valence-electron chi connectivity index (χ4n) is 2.27. The van der Waals surface area contributed by atoms with Gasteiger partial charge >= 0.3 is 0 Å². The van der Waals surface area contributed by atoms with Crippen molar-refractivity contribution >= 4 is 17.7 Å². The monoisotopic (exact) mass is 299 g/mol. The number of carbonyl (C=O) groups excluding carboxylic acids is 3. The highest BCUT2D eigenvalue weighted by atomic mass is 16.3. The van der Waals surface area contributed by atoms with Crippen LogP contribution >= 0.6 is 0 Å². The number of rotatable bonds is 9. The van der Waals surface area contributed by atoms with E-state index in [9.17, 15) is 14.4 Å². The standard InChI is InChI=1S/C14H25N3O4/c1-16(7-3-2-4-9-18)10-12(19)15-13(20)11-17-8-5-6-14(17)21/h18H,2-11H2,1H3,(H,15,19,20). The van der Waals surface area contributed by atoms with E-state index in [0.717, 1.165) is 32.2 Å². The molecular weight excluding hydrogens is 274 g/mol. The van der Waals surface area contributed by atoms with E-state index in [1.165, 1.54) is 4.90 Å². The summed E-state index contributed by atoms with van der Waals surface area (Å²) in [7, 11) is 1.81. The SMILES string of the molecule is CN(CCCCCO)CC(=O)NC(=O)CN1CCCC1=O. The first-order valence-electron chi connectivity index (χ1n) is 7.42. The topological polar surface area (TPSA) is 89.9 Å². The Morgan fingerprint density at radius 1 is 1.29 bits per heavy atom. The molecule has 1 fully saturated rings. The summed E-state index contributed by atoms with van der Waals surface area (Å²) in [6.07, 6.45) is 3.84. The highest BCUT2D eigenvalue weighted by Gasteiger charge is 2.23. The van der Waals surface area contributed by atoms with Gasteiger partial charge in [0, 0.05) is 19.6 Å². The molecule has 0 atom stereocenters. The second-order valence-electron chi connectivity index (χ2n) is 5.41. The van der Waals surface area contributed by atoms with Gasteiger partial charge in [0.25, 0.3) is 0 Å². The zero-order valence-electron chi connectivity index (χ0n) is 12.6. The Morgan fingerprint density at radius 2 is 2.05 bits per heavy atom. The molecule has 1 heterocycles. The number of likely N-dealkylation sites (tertiary alicyclic amines) is 1. The van der Waals surface area contributed by atoms with Gasteiger partial charge in [-0.25, -0.2) is 0 Å². The number of imide groups is 1. The van der Waals surface area contributed by atoms with Gasteiger partial charge in [-0.15, -0.1) is 0 Å². The molecule has 1 rings (SSSR count). The summed E-state index contributed by atoms with van der Waals surface area (Å²) in [5.41, 5.74) is 0. The molecule has 0 aromatic carbocycles. The van der Waals surface area contributed by atoms with Gasteiger partial charge in [0.05, 0.1) is 13.1 Å². The van der Waals surface area contributed by atoms with Crippen LogP contribution in [0.3, 0.4) is 0 Å². The van der Waals surface area contributed by atoms with Gasteiger partial charge in [-0.1, -0.05) is 0 Å². The van der Waals surface area contributed by atoms with Crippen molar-refractivity contribution < 1.29 is 19.5 Å². The van der Waals surface area contributed by atoms with Crippen LogP contribution in [0.2, 0.25) is 0 Å². The highest BCUT2D eigenvalue weighted by Crippen LogP contribution is 2.08. The zero-order valence-corrected chi connectivity index (χ0v) is 12.6. The van der Waals surface area contributed by atoms with Crippen molar-refractivity contribution in [1.29, 1.82) is 0 Å². The number of nitrogens with zero attached hydrogens (tertiary/aromatic N) is 2. The summed E-state index contributed by atoms with van der Waals surface area (Å²) in [6.45, 7) is 1.63. The minimum Gasteiger partial charge on any atom is -0.396 e. The Hall–Kier alpha value is -1.47. The van der Waals surface area contributed by atoms with Crippen LogP contribution in [0.25, 0.3) is 0 Å². The number of carbonyl (C=O) groups is 3. The molecule has 7 heteroatoms. The molecule has 0 saturated carbocycles. The van der Waals surface area contributed by atoms with Gasteiger partial charge in [-0.2, -0.15) is 0 Å². The molecule has 3 amide bonds. The van der Waals surface area contributed by atoms with Crippen molar-refractivity contribution in [3.05, 3.63) is 0 Å². The molecule has 21 heavy (non-hydrogen) atoms. The lowest BCUT2D eigenvalue weighted by Gasteiger charge is -2.17. The minimum atomic E-state index is -0.427. The maximum atomic E-state index is 11.7. The molecule has 1 saturated heterocycles. The lowest BCUT2D eigenvalue weighted by molar-refractivity contribution is -0.136. The summed E-state index contributed by atoms with van der Waals surface area (Å²) in [5.74, 6) is -0.807. The normalized spacial score (nSPS) is 14.8. The molecule has 1 aliphatic rings. The number of hydrogen-bond donors (Lipinski definition) is 2. The smallest absolute Gasteiger partial charge is 0.246 e. The number of aliphatic hydroxyl groups is 1. The first kappa shape index (κ1) is 17.6. The maximum Gasteiger partial charge on any atom is 0.246 e. The van der Waals surface area contributed by atoms with Gasteiger partial charge in [0.15, 0.2) is 0 Å². The van der Waals surface area contributed by atoms with Crippen molar-refractivity contribution in [2.75, 3.05) is 39.8 Å². The predicted molar refractivity (Wildman–Crippen MR) is 77.4 cm³/mol. The molecule has 1 aliphatic heterocycles. The maximum absolute atomic E-state index is 11.7. The van der Waals surface area contributed by atoms with Crippen molar-refractivity contribution in [2.45, 2.75) is 32.1 Å². The third-order valence-electron chi connectivity index (χ3n) is 3.40. The minimum absolute atomic E-state index is 0.0291. The molecule has 7 nitrogen and oxygen atoms in total. The third kappa shape index (κ3) is 7.19. The van der Waals surface area contributed by atoms with Crippen LogP contribution < -0.4 is 5.32 Å². The fourth-order valence-corrected chi connectivity index (χ4v) is 2.27. The van der Waals surface area contributed by atoms with E-state index in [2.05, 4.69) is 5.32 Å². The van der Waals surface area contributed by atoms with E-state index in [-0.39, 0.29) is 31.5 Å². The van der Waals surface area contributed by atoms with E-state index >= 15 is 0 Å². The fraction of sp³-hybridized carbons (Fsp3) is 0.786. The molecule has 0 radical (unpaired) electrons. The summed E-state index contributed by atoms with van der Waals surface area (Å²) < 4.78 is 0. The highest BCUT2D eigenvalue weighted by molar-refractivity contribution is 5.98. The van der Waals surface area contributed by atoms with E-state index in [1.54, 1.807) is 0 Å². The van der Waals surface area contributed by atoms with Crippen LogP contribution in [0.4, 0.5) is 0 Å². The lowest BCUT2D eigenvalue weighted by atomic mass is 10.2. The summed E-state index contributed by atoms with van der Waals surface area (Å²) in [5, 5.41) is 11.0. The molecule has 0 aromatic heterocycles. The number of amides is 3. The average molecular weight is 299 g/mol. The molecule has 0 unspecified atom stereocenters. The summed E-state index contributed by atoms with van der Waals surface area (Å²) in [4.78, 5) is 38.0. The van der Waals surface area contributed by atoms with Crippen molar-refractivity contribution in [3.63, 3.8) is 0 Å². The molecule has 0 spiro atoms. The quantitative estimate of drug-likeness (QED) is 0.552.